The molecule has 34 heavy (non-hydrogen) atoms. The van der Waals surface area contributed by atoms with E-state index in [4.69, 9.17) is 16.3 Å². The van der Waals surface area contributed by atoms with Crippen molar-refractivity contribution in [3.8, 4) is 11.5 Å². The van der Waals surface area contributed by atoms with Crippen molar-refractivity contribution in [2.75, 3.05) is 12.0 Å². The van der Waals surface area contributed by atoms with E-state index >= 15 is 0 Å². The van der Waals surface area contributed by atoms with Crippen LogP contribution in [0.15, 0.2) is 78.0 Å². The molecule has 2 N–H and O–H groups in total. The van der Waals surface area contributed by atoms with Crippen molar-refractivity contribution in [2.24, 2.45) is 0 Å². The molecule has 1 saturated carbocycles. The molecule has 0 spiro atoms. The number of hydrogen-bond donors (Lipinski definition) is 2. The van der Waals surface area contributed by atoms with Gasteiger partial charge in [-0.1, -0.05) is 41.9 Å². The topological polar surface area (TPSA) is 61.8 Å². The van der Waals surface area contributed by atoms with Gasteiger partial charge >= 0.3 is 0 Å². The van der Waals surface area contributed by atoms with E-state index in [-0.39, 0.29) is 17.7 Å². The molecule has 1 heterocycles. The van der Waals surface area contributed by atoms with E-state index < -0.39 is 0 Å². The Morgan fingerprint density at radius 2 is 1.85 bits per heavy atom. The highest BCUT2D eigenvalue weighted by atomic mass is 35.5. The van der Waals surface area contributed by atoms with Crippen molar-refractivity contribution in [1.82, 2.24) is 5.32 Å². The number of rotatable bonds is 5. The van der Waals surface area contributed by atoms with Crippen molar-refractivity contribution in [2.45, 2.75) is 38.3 Å². The summed E-state index contributed by atoms with van der Waals surface area (Å²) in [5, 5.41) is 14.2. The van der Waals surface area contributed by atoms with Crippen molar-refractivity contribution in [3.63, 3.8) is 0 Å². The Morgan fingerprint density at radius 1 is 1.09 bits per heavy atom. The minimum Gasteiger partial charge on any atom is -0.508 e. The second-order valence-electron chi connectivity index (χ2n) is 8.80. The van der Waals surface area contributed by atoms with Gasteiger partial charge < -0.3 is 20.1 Å². The third-order valence-electron chi connectivity index (χ3n) is 6.65. The van der Waals surface area contributed by atoms with Gasteiger partial charge in [0, 0.05) is 23.7 Å². The van der Waals surface area contributed by atoms with Gasteiger partial charge in [-0.05, 0) is 72.4 Å². The maximum absolute atomic E-state index is 13.4. The van der Waals surface area contributed by atoms with Crippen molar-refractivity contribution < 1.29 is 14.6 Å². The third-order valence-corrected chi connectivity index (χ3v) is 6.89. The molecule has 0 bridgehead atoms. The zero-order valence-corrected chi connectivity index (χ0v) is 19.8. The number of para-hydroxylation sites is 1. The van der Waals surface area contributed by atoms with Crippen LogP contribution < -0.4 is 15.0 Å². The molecule has 3 aromatic carbocycles. The van der Waals surface area contributed by atoms with Crippen molar-refractivity contribution in [3.05, 3.63) is 99.7 Å². The number of amides is 1. The number of anilines is 1. The molecule has 1 aliphatic heterocycles. The van der Waals surface area contributed by atoms with Crippen LogP contribution in [0.4, 0.5) is 5.69 Å². The van der Waals surface area contributed by atoms with E-state index in [0.29, 0.717) is 23.6 Å². The molecular weight excluding hydrogens is 448 g/mol. The number of allylic oxidation sites excluding steroid dienone is 1. The Hall–Kier alpha value is -3.44. The summed E-state index contributed by atoms with van der Waals surface area (Å²) in [5.74, 6) is 0.882. The normalized spacial score (nSPS) is 17.5. The van der Waals surface area contributed by atoms with E-state index in [1.54, 1.807) is 19.2 Å². The van der Waals surface area contributed by atoms with Crippen molar-refractivity contribution in [1.29, 1.82) is 0 Å². The lowest BCUT2D eigenvalue weighted by molar-refractivity contribution is 0.0945. The summed E-state index contributed by atoms with van der Waals surface area (Å²) in [6, 6.07) is 20.6. The number of halogens is 1. The fourth-order valence-electron chi connectivity index (χ4n) is 4.73. The van der Waals surface area contributed by atoms with Crippen LogP contribution in [0.2, 0.25) is 5.02 Å². The Balaban J connectivity index is 1.62. The quantitative estimate of drug-likeness (QED) is 0.486. The molecule has 2 aliphatic rings. The molecule has 0 aromatic heterocycles. The summed E-state index contributed by atoms with van der Waals surface area (Å²) < 4.78 is 5.33. The zero-order chi connectivity index (χ0) is 23.7. The number of phenolic OH excluding ortho intramolecular Hbond substituents is 1. The lowest BCUT2D eigenvalue weighted by Gasteiger charge is -2.36. The SMILES string of the molecule is COc1ccc(CN2C(=C3CCC3)C(Cc3ccccc3O)NC(=O)c3cc(Cl)ccc32)cc1. The van der Waals surface area contributed by atoms with E-state index in [0.717, 1.165) is 47.5 Å². The Bertz CT molecular complexity index is 1250. The predicted molar refractivity (Wildman–Crippen MR) is 135 cm³/mol. The van der Waals surface area contributed by atoms with Crippen LogP contribution in [0.1, 0.15) is 40.7 Å². The first-order chi connectivity index (χ1) is 16.5. The first-order valence-electron chi connectivity index (χ1n) is 11.5. The number of benzene rings is 3. The number of carbonyl (C=O) groups is 1. The van der Waals surface area contributed by atoms with Gasteiger partial charge in [0.05, 0.1) is 24.4 Å². The van der Waals surface area contributed by atoms with E-state index in [1.165, 1.54) is 5.57 Å². The van der Waals surface area contributed by atoms with Gasteiger partial charge in [0.15, 0.2) is 0 Å². The van der Waals surface area contributed by atoms with Crippen LogP contribution in [0.5, 0.6) is 11.5 Å². The number of hydrogen-bond acceptors (Lipinski definition) is 4. The van der Waals surface area contributed by atoms with Gasteiger partial charge in [-0.25, -0.2) is 0 Å². The van der Waals surface area contributed by atoms with Crippen LogP contribution in [-0.4, -0.2) is 24.2 Å². The van der Waals surface area contributed by atoms with Gasteiger partial charge in [-0.2, -0.15) is 0 Å². The zero-order valence-electron chi connectivity index (χ0n) is 19.1. The molecule has 0 radical (unpaired) electrons. The molecular formula is C28H27ClN2O3. The molecule has 1 amide bonds. The molecule has 174 valence electrons. The molecule has 1 aliphatic carbocycles. The predicted octanol–water partition coefficient (Wildman–Crippen LogP) is 5.85. The van der Waals surface area contributed by atoms with Gasteiger partial charge in [0.2, 0.25) is 0 Å². The van der Waals surface area contributed by atoms with E-state index in [2.05, 4.69) is 22.3 Å². The molecule has 1 atom stereocenters. The maximum atomic E-state index is 13.4. The monoisotopic (exact) mass is 474 g/mol. The highest BCUT2D eigenvalue weighted by Gasteiger charge is 2.34. The van der Waals surface area contributed by atoms with Crippen LogP contribution in [0.25, 0.3) is 0 Å². The highest BCUT2D eigenvalue weighted by Crippen LogP contribution is 2.40. The average Bonchev–Trinajstić information content (AvgIpc) is 2.90. The second kappa shape index (κ2) is 9.43. The number of methoxy groups -OCH3 is 1. The summed E-state index contributed by atoms with van der Waals surface area (Å²) in [6.45, 7) is 0.601. The van der Waals surface area contributed by atoms with Crippen LogP contribution in [0.3, 0.4) is 0 Å². The molecule has 0 saturated heterocycles. The third kappa shape index (κ3) is 4.36. The number of nitrogens with one attached hydrogen (secondary N) is 1. The fraction of sp³-hybridized carbons (Fsp3) is 0.250. The number of fused-ring (bicyclic) bond motifs is 1. The van der Waals surface area contributed by atoms with Gasteiger partial charge in [-0.3, -0.25) is 4.79 Å². The lowest BCUT2D eigenvalue weighted by atomic mass is 9.86. The van der Waals surface area contributed by atoms with Crippen LogP contribution >= 0.6 is 11.6 Å². The van der Waals surface area contributed by atoms with E-state index in [1.807, 2.05) is 42.5 Å². The summed E-state index contributed by atoms with van der Waals surface area (Å²) in [6.07, 6.45) is 3.65. The Kier molecular flexibility index (Phi) is 6.20. The number of ether oxygens (including phenoxy) is 1. The number of phenols is 1. The molecule has 1 unspecified atom stereocenters. The number of carbonyl (C=O) groups excluding carboxylic acids is 1. The van der Waals surface area contributed by atoms with Crippen LogP contribution in [-0.2, 0) is 13.0 Å². The lowest BCUT2D eigenvalue weighted by Crippen LogP contribution is -2.41. The molecule has 5 rings (SSSR count). The summed E-state index contributed by atoms with van der Waals surface area (Å²) >= 11 is 6.30. The summed E-state index contributed by atoms with van der Waals surface area (Å²) in [5.41, 5.74) is 5.76. The summed E-state index contributed by atoms with van der Waals surface area (Å²) in [4.78, 5) is 15.7. The van der Waals surface area contributed by atoms with Gasteiger partial charge in [0.1, 0.15) is 11.5 Å². The van der Waals surface area contributed by atoms with Crippen LogP contribution in [0, 0.1) is 0 Å². The molecule has 3 aromatic rings. The molecule has 5 nitrogen and oxygen atoms in total. The minimum absolute atomic E-state index is 0.160. The summed E-state index contributed by atoms with van der Waals surface area (Å²) in [7, 11) is 1.66. The Morgan fingerprint density at radius 3 is 2.53 bits per heavy atom. The Labute approximate surface area is 204 Å². The number of nitrogens with zero attached hydrogens (tertiary/aromatic N) is 1. The van der Waals surface area contributed by atoms with Crippen molar-refractivity contribution >= 4 is 23.2 Å². The maximum Gasteiger partial charge on any atom is 0.253 e. The minimum atomic E-state index is -0.277. The fourth-order valence-corrected chi connectivity index (χ4v) is 4.90. The van der Waals surface area contributed by atoms with E-state index in [9.17, 15) is 9.90 Å². The first kappa shape index (κ1) is 22.4. The molecule has 1 fully saturated rings. The highest BCUT2D eigenvalue weighted by molar-refractivity contribution is 6.31. The van der Waals surface area contributed by atoms with Gasteiger partial charge in [0.25, 0.3) is 5.91 Å². The molecule has 6 heteroatoms. The smallest absolute Gasteiger partial charge is 0.253 e. The average molecular weight is 475 g/mol. The van der Waals surface area contributed by atoms with Gasteiger partial charge in [-0.15, -0.1) is 0 Å². The number of aromatic hydroxyl groups is 1. The second-order valence-corrected chi connectivity index (χ2v) is 9.23. The first-order valence-corrected chi connectivity index (χ1v) is 11.9. The standard InChI is InChI=1S/C28H27ClN2O3/c1-34-22-12-9-18(10-13-22)17-31-25-14-11-21(29)16-23(25)28(33)30-24(27(31)19-6-4-7-19)15-20-5-2-3-8-26(20)32/h2-3,5,8-14,16,24,32H,4,6-7,15,17H2,1H3,(H,30,33). The largest absolute Gasteiger partial charge is 0.508 e.